The lowest BCUT2D eigenvalue weighted by Crippen LogP contribution is -2.28. The minimum absolute atomic E-state index is 0.0936. The molecular weight excluding hydrogens is 248 g/mol. The minimum Gasteiger partial charge on any atom is -0.380 e. The van der Waals surface area contributed by atoms with Crippen LogP contribution in [0.25, 0.3) is 0 Å². The average Bonchev–Trinajstić information content (AvgIpc) is 2.89. The van der Waals surface area contributed by atoms with E-state index >= 15 is 0 Å². The summed E-state index contributed by atoms with van der Waals surface area (Å²) in [6.45, 7) is 7.21. The fraction of sp³-hybridized carbons (Fsp3) is 0.769. The Morgan fingerprint density at radius 1 is 1.47 bits per heavy atom. The zero-order chi connectivity index (χ0) is 13.9. The number of hydrogen-bond acceptors (Lipinski definition) is 6. The van der Waals surface area contributed by atoms with E-state index in [4.69, 9.17) is 14.0 Å². The molecule has 6 heteroatoms. The molecule has 0 amide bonds. The van der Waals surface area contributed by atoms with Crippen molar-refractivity contribution in [3.05, 3.63) is 11.7 Å². The molecule has 0 radical (unpaired) electrons. The Balaban J connectivity index is 2.20. The van der Waals surface area contributed by atoms with E-state index in [-0.39, 0.29) is 5.78 Å². The minimum atomic E-state index is -0.574. The molecule has 2 unspecified atom stereocenters. The second kappa shape index (κ2) is 5.79. The van der Waals surface area contributed by atoms with Crippen LogP contribution in [0.4, 0.5) is 0 Å². The Bertz CT molecular complexity index is 446. The Labute approximate surface area is 112 Å². The van der Waals surface area contributed by atoms with Crippen molar-refractivity contribution in [1.82, 2.24) is 10.1 Å². The highest BCUT2D eigenvalue weighted by Gasteiger charge is 2.35. The van der Waals surface area contributed by atoms with E-state index in [1.165, 1.54) is 0 Å². The van der Waals surface area contributed by atoms with Gasteiger partial charge in [-0.3, -0.25) is 4.79 Å². The number of rotatable bonds is 5. The molecule has 1 aromatic heterocycles. The maximum absolute atomic E-state index is 11.8. The van der Waals surface area contributed by atoms with E-state index in [0.29, 0.717) is 38.0 Å². The maximum atomic E-state index is 11.8. The third-order valence-corrected chi connectivity index (χ3v) is 3.52. The predicted molar refractivity (Wildman–Crippen MR) is 66.8 cm³/mol. The number of hydrogen-bond donors (Lipinski definition) is 0. The Morgan fingerprint density at radius 2 is 2.26 bits per heavy atom. The molecule has 2 heterocycles. The summed E-state index contributed by atoms with van der Waals surface area (Å²) in [4.78, 5) is 16.2. The number of ether oxygens (including phenoxy) is 2. The molecule has 1 fully saturated rings. The summed E-state index contributed by atoms with van der Waals surface area (Å²) >= 11 is 0. The van der Waals surface area contributed by atoms with Crippen molar-refractivity contribution >= 4 is 5.78 Å². The summed E-state index contributed by atoms with van der Waals surface area (Å²) in [6.07, 6.45) is 1.13. The summed E-state index contributed by atoms with van der Waals surface area (Å²) < 4.78 is 16.2. The molecule has 1 aromatic rings. The quantitative estimate of drug-likeness (QED) is 0.810. The lowest BCUT2D eigenvalue weighted by molar-refractivity contribution is -0.127. The first-order chi connectivity index (χ1) is 9.10. The molecule has 1 aliphatic heterocycles. The third-order valence-electron chi connectivity index (χ3n) is 3.52. The standard InChI is InChI=1S/C13H20N2O4/c1-4-13(3,18-5-2)12-14-11(19-15-12)9-8-17-7-6-10(9)16/h9H,4-8H2,1-3H3. The first-order valence-corrected chi connectivity index (χ1v) is 6.69. The fourth-order valence-electron chi connectivity index (χ4n) is 2.08. The van der Waals surface area contributed by atoms with E-state index in [1.54, 1.807) is 0 Å². The van der Waals surface area contributed by atoms with Gasteiger partial charge >= 0.3 is 0 Å². The molecule has 0 aliphatic carbocycles. The number of carbonyl (C=O) groups is 1. The van der Waals surface area contributed by atoms with Crippen LogP contribution in [0.2, 0.25) is 0 Å². The smallest absolute Gasteiger partial charge is 0.239 e. The van der Waals surface area contributed by atoms with Crippen LogP contribution in [0.3, 0.4) is 0 Å². The molecule has 0 bridgehead atoms. The van der Waals surface area contributed by atoms with Crippen molar-refractivity contribution in [2.45, 2.75) is 45.1 Å². The number of aromatic nitrogens is 2. The highest BCUT2D eigenvalue weighted by molar-refractivity contribution is 5.85. The number of Topliss-reactive ketones (excluding diaryl/α,β-unsaturated/α-hetero) is 1. The molecule has 0 saturated carbocycles. The fourth-order valence-corrected chi connectivity index (χ4v) is 2.08. The zero-order valence-electron chi connectivity index (χ0n) is 11.6. The van der Waals surface area contributed by atoms with E-state index in [1.807, 2.05) is 20.8 Å². The van der Waals surface area contributed by atoms with Crippen molar-refractivity contribution < 1.29 is 18.8 Å². The van der Waals surface area contributed by atoms with Gasteiger partial charge in [-0.05, 0) is 20.3 Å². The molecule has 1 aliphatic rings. The van der Waals surface area contributed by atoms with Crippen molar-refractivity contribution in [3.8, 4) is 0 Å². The summed E-state index contributed by atoms with van der Waals surface area (Å²) in [6, 6.07) is 0. The zero-order valence-corrected chi connectivity index (χ0v) is 11.6. The maximum Gasteiger partial charge on any atom is 0.239 e. The first-order valence-electron chi connectivity index (χ1n) is 6.69. The van der Waals surface area contributed by atoms with Crippen LogP contribution in [-0.2, 0) is 19.9 Å². The van der Waals surface area contributed by atoms with Gasteiger partial charge < -0.3 is 14.0 Å². The predicted octanol–water partition coefficient (Wildman–Crippen LogP) is 1.80. The Morgan fingerprint density at radius 3 is 2.89 bits per heavy atom. The highest BCUT2D eigenvalue weighted by Crippen LogP contribution is 2.29. The normalized spacial score (nSPS) is 23.3. The van der Waals surface area contributed by atoms with Crippen LogP contribution in [-0.4, -0.2) is 35.7 Å². The summed E-state index contributed by atoms with van der Waals surface area (Å²) in [5.74, 6) is 0.484. The molecule has 19 heavy (non-hydrogen) atoms. The molecule has 0 N–H and O–H groups in total. The molecule has 1 saturated heterocycles. The van der Waals surface area contributed by atoms with Gasteiger partial charge in [-0.15, -0.1) is 0 Å². The van der Waals surface area contributed by atoms with Gasteiger partial charge in [-0.1, -0.05) is 12.1 Å². The SMILES string of the molecule is CCOC(C)(CC)c1noc(C2COCCC2=O)n1. The average molecular weight is 268 g/mol. The molecule has 0 spiro atoms. The van der Waals surface area contributed by atoms with E-state index in [0.717, 1.165) is 6.42 Å². The van der Waals surface area contributed by atoms with E-state index in [2.05, 4.69) is 10.1 Å². The summed E-state index contributed by atoms with van der Waals surface area (Å²) in [5, 5.41) is 3.97. The van der Waals surface area contributed by atoms with Crippen molar-refractivity contribution in [2.24, 2.45) is 0 Å². The van der Waals surface area contributed by atoms with Crippen LogP contribution >= 0.6 is 0 Å². The van der Waals surface area contributed by atoms with Crippen LogP contribution in [0.15, 0.2) is 4.52 Å². The number of carbonyl (C=O) groups excluding carboxylic acids is 1. The van der Waals surface area contributed by atoms with E-state index in [9.17, 15) is 4.79 Å². The van der Waals surface area contributed by atoms with Gasteiger partial charge in [0.15, 0.2) is 0 Å². The van der Waals surface area contributed by atoms with Crippen LogP contribution in [0.5, 0.6) is 0 Å². The largest absolute Gasteiger partial charge is 0.380 e. The van der Waals surface area contributed by atoms with Gasteiger partial charge in [0.2, 0.25) is 11.7 Å². The van der Waals surface area contributed by atoms with Gasteiger partial charge in [0.05, 0.1) is 13.2 Å². The summed E-state index contributed by atoms with van der Waals surface area (Å²) in [5.41, 5.74) is -0.574. The molecule has 2 rings (SSSR count). The monoisotopic (exact) mass is 268 g/mol. The summed E-state index contributed by atoms with van der Waals surface area (Å²) in [7, 11) is 0. The lowest BCUT2D eigenvalue weighted by Gasteiger charge is -2.24. The van der Waals surface area contributed by atoms with Gasteiger partial charge in [0, 0.05) is 13.0 Å². The lowest BCUT2D eigenvalue weighted by atomic mass is 10.00. The second-order valence-corrected chi connectivity index (χ2v) is 4.82. The number of ketones is 1. The van der Waals surface area contributed by atoms with Crippen molar-refractivity contribution in [1.29, 1.82) is 0 Å². The Hall–Kier alpha value is -1.27. The van der Waals surface area contributed by atoms with Crippen LogP contribution in [0, 0.1) is 0 Å². The topological polar surface area (TPSA) is 74.5 Å². The molecule has 0 aromatic carbocycles. The van der Waals surface area contributed by atoms with Gasteiger partial charge in [0.25, 0.3) is 0 Å². The molecule has 2 atom stereocenters. The molecule has 6 nitrogen and oxygen atoms in total. The molecule has 106 valence electrons. The first kappa shape index (κ1) is 14.1. The third kappa shape index (κ3) is 2.84. The van der Waals surface area contributed by atoms with E-state index < -0.39 is 11.5 Å². The number of nitrogens with zero attached hydrogens (tertiary/aromatic N) is 2. The Kier molecular flexibility index (Phi) is 4.31. The van der Waals surface area contributed by atoms with Gasteiger partial charge in [0.1, 0.15) is 17.3 Å². The van der Waals surface area contributed by atoms with Crippen molar-refractivity contribution in [2.75, 3.05) is 19.8 Å². The van der Waals surface area contributed by atoms with Crippen LogP contribution in [0.1, 0.15) is 51.2 Å². The van der Waals surface area contributed by atoms with Gasteiger partial charge in [-0.25, -0.2) is 0 Å². The van der Waals surface area contributed by atoms with Crippen LogP contribution < -0.4 is 0 Å². The molecular formula is C13H20N2O4. The van der Waals surface area contributed by atoms with Gasteiger partial charge in [-0.2, -0.15) is 4.98 Å². The van der Waals surface area contributed by atoms with Crippen molar-refractivity contribution in [3.63, 3.8) is 0 Å². The highest BCUT2D eigenvalue weighted by atomic mass is 16.5. The second-order valence-electron chi connectivity index (χ2n) is 4.82.